The van der Waals surface area contributed by atoms with Crippen molar-refractivity contribution in [2.24, 2.45) is 0 Å². The summed E-state index contributed by atoms with van der Waals surface area (Å²) in [6.07, 6.45) is 1.42. The third-order valence-electron chi connectivity index (χ3n) is 5.76. The monoisotopic (exact) mass is 420 g/mol. The number of piperazine rings is 1. The lowest BCUT2D eigenvalue weighted by molar-refractivity contribution is -0.142. The Labute approximate surface area is 179 Å². The summed E-state index contributed by atoms with van der Waals surface area (Å²) in [5, 5.41) is 2.92. The second-order valence-electron chi connectivity index (χ2n) is 7.81. The van der Waals surface area contributed by atoms with Crippen molar-refractivity contribution in [1.82, 2.24) is 14.8 Å². The molecule has 3 amide bonds. The third-order valence-corrected chi connectivity index (χ3v) is 5.76. The molecule has 160 valence electrons. The van der Waals surface area contributed by atoms with Crippen molar-refractivity contribution in [2.45, 2.75) is 18.9 Å². The first-order valence-corrected chi connectivity index (χ1v) is 10.6. The average molecular weight is 420 g/mol. The van der Waals surface area contributed by atoms with E-state index in [1.54, 1.807) is 9.80 Å². The van der Waals surface area contributed by atoms with Crippen molar-refractivity contribution >= 4 is 28.7 Å². The van der Waals surface area contributed by atoms with E-state index in [0.29, 0.717) is 44.4 Å². The fourth-order valence-electron chi connectivity index (χ4n) is 4.00. The molecule has 2 saturated heterocycles. The summed E-state index contributed by atoms with van der Waals surface area (Å²) >= 11 is 0. The Morgan fingerprint density at radius 1 is 0.968 bits per heavy atom. The van der Waals surface area contributed by atoms with Gasteiger partial charge in [0.25, 0.3) is 5.91 Å². The second kappa shape index (κ2) is 8.39. The first-order valence-electron chi connectivity index (χ1n) is 10.6. The lowest BCUT2D eigenvalue weighted by Crippen LogP contribution is -2.53. The summed E-state index contributed by atoms with van der Waals surface area (Å²) in [6.45, 7) is 2.73. The molecule has 0 bridgehead atoms. The van der Waals surface area contributed by atoms with Gasteiger partial charge in [-0.1, -0.05) is 12.1 Å². The Morgan fingerprint density at radius 3 is 2.42 bits per heavy atom. The minimum Gasteiger partial charge on any atom is -0.436 e. The van der Waals surface area contributed by atoms with Crippen LogP contribution in [-0.2, 0) is 9.53 Å². The SMILES string of the molecule is O=C(Nc1ccc(-c2nc3ccccc3o2)cc1)N1CCN(C(=O)C2CCCO2)CC1. The van der Waals surface area contributed by atoms with Gasteiger partial charge in [0.2, 0.25) is 5.89 Å². The molecule has 1 N–H and O–H groups in total. The van der Waals surface area contributed by atoms with Crippen molar-refractivity contribution in [2.75, 3.05) is 38.1 Å². The molecule has 2 aliphatic heterocycles. The summed E-state index contributed by atoms with van der Waals surface area (Å²) in [5.74, 6) is 0.596. The van der Waals surface area contributed by atoms with E-state index in [1.165, 1.54) is 0 Å². The van der Waals surface area contributed by atoms with Gasteiger partial charge in [-0.25, -0.2) is 9.78 Å². The summed E-state index contributed by atoms with van der Waals surface area (Å²) in [4.78, 5) is 33.1. The first-order chi connectivity index (χ1) is 15.2. The van der Waals surface area contributed by atoms with Gasteiger partial charge in [0.1, 0.15) is 11.6 Å². The molecule has 0 saturated carbocycles. The maximum atomic E-state index is 12.6. The average Bonchev–Trinajstić information content (AvgIpc) is 3.49. The number of carbonyl (C=O) groups is 2. The van der Waals surface area contributed by atoms with Crippen LogP contribution in [0.2, 0.25) is 0 Å². The normalized spacial score (nSPS) is 19.0. The molecule has 31 heavy (non-hydrogen) atoms. The van der Waals surface area contributed by atoms with E-state index in [4.69, 9.17) is 9.15 Å². The number of oxazole rings is 1. The highest BCUT2D eigenvalue weighted by atomic mass is 16.5. The summed E-state index contributed by atoms with van der Waals surface area (Å²) < 4.78 is 11.3. The number of hydrogen-bond donors (Lipinski definition) is 1. The highest BCUT2D eigenvalue weighted by Gasteiger charge is 2.31. The molecule has 0 aliphatic carbocycles. The topological polar surface area (TPSA) is 87.9 Å². The number of anilines is 1. The Bertz CT molecular complexity index is 1050. The standard InChI is InChI=1S/C23H24N4O4/c28-22(20-6-3-15-30-20)26-11-13-27(14-12-26)23(29)24-17-9-7-16(8-10-17)21-25-18-4-1-2-5-19(18)31-21/h1-2,4-5,7-10,20H,3,6,11-15H2,(H,24,29). The predicted octanol–water partition coefficient (Wildman–Crippen LogP) is 3.35. The van der Waals surface area contributed by atoms with E-state index in [1.807, 2.05) is 48.5 Å². The molecule has 3 heterocycles. The number of urea groups is 1. The van der Waals surface area contributed by atoms with Gasteiger partial charge in [-0.05, 0) is 49.2 Å². The maximum absolute atomic E-state index is 12.6. The van der Waals surface area contributed by atoms with Crippen LogP contribution >= 0.6 is 0 Å². The number of rotatable bonds is 3. The fraction of sp³-hybridized carbons (Fsp3) is 0.348. The summed E-state index contributed by atoms with van der Waals surface area (Å²) in [5.41, 5.74) is 3.09. The van der Waals surface area contributed by atoms with Gasteiger partial charge in [-0.2, -0.15) is 0 Å². The van der Waals surface area contributed by atoms with E-state index >= 15 is 0 Å². The number of hydrogen-bond acceptors (Lipinski definition) is 5. The summed E-state index contributed by atoms with van der Waals surface area (Å²) in [6, 6.07) is 14.9. The molecular formula is C23H24N4O4. The van der Waals surface area contributed by atoms with E-state index in [-0.39, 0.29) is 18.0 Å². The lowest BCUT2D eigenvalue weighted by atomic mass is 10.2. The molecule has 1 unspecified atom stereocenters. The summed E-state index contributed by atoms with van der Waals surface area (Å²) in [7, 11) is 0. The molecule has 8 nitrogen and oxygen atoms in total. The lowest BCUT2D eigenvalue weighted by Gasteiger charge is -2.35. The van der Waals surface area contributed by atoms with Gasteiger partial charge in [-0.15, -0.1) is 0 Å². The molecule has 0 spiro atoms. The molecule has 0 radical (unpaired) electrons. The fourth-order valence-corrected chi connectivity index (χ4v) is 4.00. The zero-order valence-corrected chi connectivity index (χ0v) is 17.1. The molecule has 5 rings (SSSR count). The van der Waals surface area contributed by atoms with Crippen molar-refractivity contribution < 1.29 is 18.7 Å². The van der Waals surface area contributed by atoms with Crippen LogP contribution in [-0.4, -0.2) is 65.6 Å². The van der Waals surface area contributed by atoms with E-state index in [9.17, 15) is 9.59 Å². The van der Waals surface area contributed by atoms with Crippen molar-refractivity contribution in [1.29, 1.82) is 0 Å². The van der Waals surface area contributed by atoms with E-state index < -0.39 is 0 Å². The molecule has 2 aliphatic rings. The van der Waals surface area contributed by atoms with Gasteiger partial charge < -0.3 is 24.3 Å². The highest BCUT2D eigenvalue weighted by molar-refractivity contribution is 5.90. The number of fused-ring (bicyclic) bond motifs is 1. The molecule has 2 aromatic carbocycles. The number of nitrogens with one attached hydrogen (secondary N) is 1. The molecule has 8 heteroatoms. The maximum Gasteiger partial charge on any atom is 0.321 e. The minimum absolute atomic E-state index is 0.0485. The van der Waals surface area contributed by atoms with Crippen LogP contribution in [0.1, 0.15) is 12.8 Å². The van der Waals surface area contributed by atoms with Gasteiger partial charge in [0.15, 0.2) is 5.58 Å². The largest absolute Gasteiger partial charge is 0.436 e. The van der Waals surface area contributed by atoms with Crippen LogP contribution in [0, 0.1) is 0 Å². The van der Waals surface area contributed by atoms with E-state index in [0.717, 1.165) is 29.5 Å². The number of carbonyl (C=O) groups excluding carboxylic acids is 2. The number of para-hydroxylation sites is 2. The first kappa shape index (κ1) is 19.6. The van der Waals surface area contributed by atoms with Crippen LogP contribution in [0.3, 0.4) is 0 Å². The molecular weight excluding hydrogens is 396 g/mol. The Hall–Kier alpha value is -3.39. The Morgan fingerprint density at radius 2 is 1.71 bits per heavy atom. The Balaban J connectivity index is 1.17. The smallest absolute Gasteiger partial charge is 0.321 e. The van der Waals surface area contributed by atoms with E-state index in [2.05, 4.69) is 10.3 Å². The van der Waals surface area contributed by atoms with Crippen LogP contribution in [0.25, 0.3) is 22.6 Å². The Kier molecular flexibility index (Phi) is 5.30. The third kappa shape index (κ3) is 4.11. The zero-order chi connectivity index (χ0) is 21.2. The predicted molar refractivity (Wildman–Crippen MR) is 116 cm³/mol. The minimum atomic E-state index is -0.305. The quantitative estimate of drug-likeness (QED) is 0.702. The number of ether oxygens (including phenoxy) is 1. The van der Waals surface area contributed by atoms with Crippen LogP contribution in [0.15, 0.2) is 52.9 Å². The van der Waals surface area contributed by atoms with Crippen LogP contribution in [0.5, 0.6) is 0 Å². The van der Waals surface area contributed by atoms with Gasteiger partial charge in [-0.3, -0.25) is 4.79 Å². The molecule has 1 atom stereocenters. The van der Waals surface area contributed by atoms with Crippen molar-refractivity contribution in [3.8, 4) is 11.5 Å². The van der Waals surface area contributed by atoms with Crippen LogP contribution < -0.4 is 5.32 Å². The number of amides is 3. The number of benzene rings is 2. The molecule has 2 fully saturated rings. The molecule has 1 aromatic heterocycles. The number of aromatic nitrogens is 1. The molecule has 3 aromatic rings. The van der Waals surface area contributed by atoms with Crippen molar-refractivity contribution in [3.05, 3.63) is 48.5 Å². The second-order valence-corrected chi connectivity index (χ2v) is 7.81. The number of nitrogens with zero attached hydrogens (tertiary/aromatic N) is 3. The zero-order valence-electron chi connectivity index (χ0n) is 17.1. The highest BCUT2D eigenvalue weighted by Crippen LogP contribution is 2.25. The van der Waals surface area contributed by atoms with Gasteiger partial charge in [0.05, 0.1) is 0 Å². The van der Waals surface area contributed by atoms with Crippen molar-refractivity contribution in [3.63, 3.8) is 0 Å². The van der Waals surface area contributed by atoms with Gasteiger partial charge >= 0.3 is 6.03 Å². The van der Waals surface area contributed by atoms with Crippen LogP contribution in [0.4, 0.5) is 10.5 Å². The van der Waals surface area contributed by atoms with Gasteiger partial charge in [0, 0.05) is 44.0 Å².